The Kier molecular flexibility index (Phi) is 8.76. The number of ether oxygens (including phenoxy) is 1. The molecule has 4 atom stereocenters. The van der Waals surface area contributed by atoms with Gasteiger partial charge < -0.3 is 29.0 Å². The number of hydrogen-bond donors (Lipinski definition) is 5. The van der Waals surface area contributed by atoms with Crippen LogP contribution in [0.4, 0.5) is 19.0 Å². The molecule has 13 nitrogen and oxygen atoms in total. The van der Waals surface area contributed by atoms with Crippen LogP contribution in [0.2, 0.25) is 0 Å². The average Bonchev–Trinajstić information content (AvgIpc) is 3.11. The maximum Gasteiger partial charge on any atom is 0.416 e. The van der Waals surface area contributed by atoms with Gasteiger partial charge in [0, 0.05) is 12.6 Å². The van der Waals surface area contributed by atoms with Crippen molar-refractivity contribution in [2.24, 2.45) is 0 Å². The molecule has 1 aliphatic heterocycles. The second kappa shape index (κ2) is 11.1. The van der Waals surface area contributed by atoms with Gasteiger partial charge in [-0.1, -0.05) is 12.1 Å². The van der Waals surface area contributed by atoms with Crippen LogP contribution in [0.25, 0.3) is 0 Å². The first-order chi connectivity index (χ1) is 16.6. The molecule has 2 heterocycles. The summed E-state index contributed by atoms with van der Waals surface area (Å²) in [5.41, 5.74) is 1.20. The standard InChI is InChI=1S/C18H22F3N3O10P2/c19-18(20,21)12-3-1-11(2-4-12)8-32-23-15-5-6-24(17(26)22-15)16-7-13(25)14(34-16)9-33-36(30,31)10-35(27,28)29/h1-6,13-14,16,25H,7-10H2,(H,30,31)(H,22,23,26)(H2,27,28,29)/t13-,14+,16+/m0/s1. The van der Waals surface area contributed by atoms with E-state index in [1.165, 1.54) is 24.4 Å². The number of aliphatic hydroxyl groups excluding tert-OH is 1. The largest absolute Gasteiger partial charge is 0.416 e. The Morgan fingerprint density at radius 2 is 1.83 bits per heavy atom. The molecule has 3 rings (SSSR count). The van der Waals surface area contributed by atoms with Crippen LogP contribution < -0.4 is 11.2 Å². The third-order valence-electron chi connectivity index (χ3n) is 4.84. The van der Waals surface area contributed by atoms with Crippen LogP contribution >= 0.6 is 15.2 Å². The predicted molar refractivity (Wildman–Crippen MR) is 116 cm³/mol. The van der Waals surface area contributed by atoms with Gasteiger partial charge in [-0.2, -0.15) is 18.2 Å². The third kappa shape index (κ3) is 8.20. The van der Waals surface area contributed by atoms with Crippen LogP contribution in [0.15, 0.2) is 41.3 Å². The molecule has 18 heteroatoms. The van der Waals surface area contributed by atoms with E-state index >= 15 is 0 Å². The zero-order valence-corrected chi connectivity index (χ0v) is 20.0. The minimum Gasteiger partial charge on any atom is -0.390 e. The van der Waals surface area contributed by atoms with Crippen LogP contribution in [-0.2, 0) is 36.0 Å². The van der Waals surface area contributed by atoms with E-state index < -0.39 is 63.6 Å². The van der Waals surface area contributed by atoms with Crippen LogP contribution in [-0.4, -0.2) is 54.1 Å². The normalized spacial score (nSPS) is 22.4. The lowest BCUT2D eigenvalue weighted by atomic mass is 10.1. The molecule has 0 bridgehead atoms. The van der Waals surface area contributed by atoms with Crippen molar-refractivity contribution in [2.75, 3.05) is 18.0 Å². The Labute approximate surface area is 201 Å². The molecule has 1 saturated heterocycles. The van der Waals surface area contributed by atoms with Gasteiger partial charge >= 0.3 is 27.1 Å². The van der Waals surface area contributed by atoms with Crippen molar-refractivity contribution >= 4 is 21.0 Å². The number of nitrogens with zero attached hydrogens (tertiary/aromatic N) is 2. The number of rotatable bonds is 10. The van der Waals surface area contributed by atoms with Crippen molar-refractivity contribution in [1.82, 2.24) is 9.55 Å². The zero-order valence-electron chi connectivity index (χ0n) is 18.2. The molecule has 1 fully saturated rings. The first-order valence-electron chi connectivity index (χ1n) is 10.1. The van der Waals surface area contributed by atoms with E-state index in [0.717, 1.165) is 16.7 Å². The molecular formula is C18H22F3N3O10P2. The molecule has 200 valence electrons. The number of benzene rings is 1. The maximum atomic E-state index is 12.6. The maximum absolute atomic E-state index is 12.6. The van der Waals surface area contributed by atoms with Gasteiger partial charge in [-0.25, -0.2) is 10.3 Å². The Morgan fingerprint density at radius 1 is 1.17 bits per heavy atom. The van der Waals surface area contributed by atoms with E-state index in [-0.39, 0.29) is 18.8 Å². The summed E-state index contributed by atoms with van der Waals surface area (Å²) in [5.74, 6) is -1.41. The van der Waals surface area contributed by atoms with E-state index in [2.05, 4.69) is 15.0 Å². The SMILES string of the molecule is O=c1nc(NOCc2ccc(C(F)(F)F)cc2)ccn1[C@H]1C[C@H](O)[C@@H](COP(=O)(O)CP(=O)(O)O)O1. The lowest BCUT2D eigenvalue weighted by molar-refractivity contribution is -0.137. The molecule has 0 saturated carbocycles. The molecule has 0 spiro atoms. The molecule has 1 aliphatic rings. The summed E-state index contributed by atoms with van der Waals surface area (Å²) in [6.07, 6.45) is -6.70. The molecule has 0 aliphatic carbocycles. The lowest BCUT2D eigenvalue weighted by Gasteiger charge is -2.18. The van der Waals surface area contributed by atoms with Gasteiger partial charge in [-0.15, -0.1) is 0 Å². The van der Waals surface area contributed by atoms with Crippen molar-refractivity contribution in [3.8, 4) is 0 Å². The smallest absolute Gasteiger partial charge is 0.390 e. The Balaban J connectivity index is 1.53. The lowest BCUT2D eigenvalue weighted by Crippen LogP contribution is -2.28. The summed E-state index contributed by atoms with van der Waals surface area (Å²) in [6.45, 7) is -0.787. The van der Waals surface area contributed by atoms with Gasteiger partial charge in [0.25, 0.3) is 0 Å². The summed E-state index contributed by atoms with van der Waals surface area (Å²) >= 11 is 0. The van der Waals surface area contributed by atoms with Crippen molar-refractivity contribution in [3.63, 3.8) is 0 Å². The fourth-order valence-corrected chi connectivity index (χ4v) is 5.74. The van der Waals surface area contributed by atoms with E-state index in [9.17, 15) is 37.1 Å². The monoisotopic (exact) mass is 559 g/mol. The topological polar surface area (TPSA) is 190 Å². The van der Waals surface area contributed by atoms with Gasteiger partial charge in [-0.05, 0) is 23.8 Å². The number of aromatic nitrogens is 2. The fourth-order valence-electron chi connectivity index (χ4n) is 3.17. The number of halogens is 3. The quantitative estimate of drug-likeness (QED) is 0.210. The van der Waals surface area contributed by atoms with Gasteiger partial charge in [0.15, 0.2) is 11.7 Å². The fraction of sp³-hybridized carbons (Fsp3) is 0.444. The van der Waals surface area contributed by atoms with E-state index in [0.29, 0.717) is 5.56 Å². The number of anilines is 1. The Hall–Kier alpha value is -2.13. The van der Waals surface area contributed by atoms with Crippen LogP contribution in [0.1, 0.15) is 23.8 Å². The summed E-state index contributed by atoms with van der Waals surface area (Å²) in [5, 5.41) is 10.1. The highest BCUT2D eigenvalue weighted by Crippen LogP contribution is 2.55. The van der Waals surface area contributed by atoms with E-state index in [1.54, 1.807) is 0 Å². The molecular weight excluding hydrogens is 537 g/mol. The molecule has 0 radical (unpaired) electrons. The first kappa shape index (κ1) is 28.4. The molecule has 2 aromatic rings. The highest BCUT2D eigenvalue weighted by molar-refractivity contribution is 7.70. The minimum absolute atomic E-state index is 0.0137. The summed E-state index contributed by atoms with van der Waals surface area (Å²) < 4.78 is 71.6. The Morgan fingerprint density at radius 3 is 2.42 bits per heavy atom. The van der Waals surface area contributed by atoms with E-state index in [4.69, 9.17) is 19.4 Å². The highest BCUT2D eigenvalue weighted by atomic mass is 31.2. The molecule has 1 aromatic carbocycles. The average molecular weight is 559 g/mol. The van der Waals surface area contributed by atoms with Crippen LogP contribution in [0, 0.1) is 0 Å². The van der Waals surface area contributed by atoms with Crippen molar-refractivity contribution in [2.45, 2.75) is 37.6 Å². The van der Waals surface area contributed by atoms with Crippen LogP contribution in [0.5, 0.6) is 0 Å². The summed E-state index contributed by atoms with van der Waals surface area (Å²) in [6, 6.07) is 5.62. The number of nitrogens with one attached hydrogen (secondary N) is 1. The molecule has 0 amide bonds. The zero-order chi connectivity index (χ0) is 26.7. The van der Waals surface area contributed by atoms with Gasteiger partial charge in [0.2, 0.25) is 0 Å². The summed E-state index contributed by atoms with van der Waals surface area (Å²) in [4.78, 5) is 48.4. The van der Waals surface area contributed by atoms with Crippen LogP contribution in [0.3, 0.4) is 0 Å². The number of hydrogen-bond acceptors (Lipinski definition) is 9. The number of alkyl halides is 3. The van der Waals surface area contributed by atoms with Crippen molar-refractivity contribution in [1.29, 1.82) is 0 Å². The van der Waals surface area contributed by atoms with Gasteiger partial charge in [0.05, 0.1) is 24.9 Å². The molecule has 5 N–H and O–H groups in total. The predicted octanol–water partition coefficient (Wildman–Crippen LogP) is 1.79. The van der Waals surface area contributed by atoms with Gasteiger partial charge in [0.1, 0.15) is 12.3 Å². The second-order valence-electron chi connectivity index (χ2n) is 7.76. The number of aliphatic hydroxyl groups is 1. The van der Waals surface area contributed by atoms with E-state index in [1.807, 2.05) is 0 Å². The van der Waals surface area contributed by atoms with Gasteiger partial charge in [-0.3, -0.25) is 18.5 Å². The Bertz CT molecular complexity index is 1200. The summed E-state index contributed by atoms with van der Waals surface area (Å²) in [7, 11) is -9.47. The third-order valence-corrected chi connectivity index (χ3v) is 8.30. The minimum atomic E-state index is -4.82. The second-order valence-corrected chi connectivity index (χ2v) is 11.8. The molecule has 1 aromatic heterocycles. The van der Waals surface area contributed by atoms with Crippen molar-refractivity contribution in [3.05, 3.63) is 58.1 Å². The molecule has 1 unspecified atom stereocenters. The first-order valence-corrected chi connectivity index (χ1v) is 13.7. The highest BCUT2D eigenvalue weighted by Gasteiger charge is 2.38. The van der Waals surface area contributed by atoms with Crippen molar-refractivity contribution < 1.29 is 56.2 Å². The molecule has 36 heavy (non-hydrogen) atoms.